The largest absolute Gasteiger partial charge is 0.374 e. The van der Waals surface area contributed by atoms with Crippen LogP contribution in [0.4, 0.5) is 0 Å². The highest BCUT2D eigenvalue weighted by Crippen LogP contribution is 2.36. The summed E-state index contributed by atoms with van der Waals surface area (Å²) in [5.74, 6) is 0. The van der Waals surface area contributed by atoms with E-state index in [2.05, 4.69) is 0 Å². The van der Waals surface area contributed by atoms with Gasteiger partial charge in [0.2, 0.25) is 0 Å². The molecule has 9 rings (SSSR count). The lowest BCUT2D eigenvalue weighted by Gasteiger charge is -2.49. The fourth-order valence-corrected chi connectivity index (χ4v) is 8.97. The SMILES string of the molecule is O[C@H]1O[C@H](COCc2ccccc2)[C@@H](OC2O[C@H](COCc3ccccc3)[C@@H](OCc3ccccc3)[C@H](OCc3ccccc3)[C@H]2OCc2ccccc2)[C@H](OCc2ccccc2)[C@H]1OCc1ccccc1. The van der Waals surface area contributed by atoms with E-state index in [1.807, 2.05) is 212 Å². The van der Waals surface area contributed by atoms with Gasteiger partial charge in [-0.2, -0.15) is 0 Å². The maximum Gasteiger partial charge on any atom is 0.187 e. The summed E-state index contributed by atoms with van der Waals surface area (Å²) >= 11 is 0. The van der Waals surface area contributed by atoms with Gasteiger partial charge in [0.25, 0.3) is 0 Å². The Labute approximate surface area is 423 Å². The topological polar surface area (TPSA) is 113 Å². The molecule has 2 aliphatic rings. The predicted molar refractivity (Wildman–Crippen MR) is 272 cm³/mol. The summed E-state index contributed by atoms with van der Waals surface area (Å²) in [5, 5.41) is 12.0. The van der Waals surface area contributed by atoms with Gasteiger partial charge < -0.3 is 52.5 Å². The molecular weight excluding hydrogens is 909 g/mol. The van der Waals surface area contributed by atoms with Crippen molar-refractivity contribution in [1.82, 2.24) is 0 Å². The molecule has 0 saturated carbocycles. The van der Waals surface area contributed by atoms with E-state index in [1.54, 1.807) is 0 Å². The maximum absolute atomic E-state index is 12.0. The fraction of sp³-hybridized carbons (Fsp3) is 0.311. The lowest BCUT2D eigenvalue weighted by atomic mass is 9.95. The van der Waals surface area contributed by atoms with Crippen LogP contribution in [0.5, 0.6) is 0 Å². The van der Waals surface area contributed by atoms with Crippen molar-refractivity contribution in [2.45, 2.75) is 108 Å². The molecule has 10 atom stereocenters. The van der Waals surface area contributed by atoms with E-state index in [4.69, 9.17) is 47.4 Å². The summed E-state index contributed by atoms with van der Waals surface area (Å²) < 4.78 is 68.6. The molecule has 2 aliphatic heterocycles. The van der Waals surface area contributed by atoms with Gasteiger partial charge in [-0.15, -0.1) is 0 Å². The van der Waals surface area contributed by atoms with Gasteiger partial charge in [0.15, 0.2) is 12.6 Å². The Morgan fingerprint density at radius 3 is 0.931 bits per heavy atom. The van der Waals surface area contributed by atoms with Crippen molar-refractivity contribution in [1.29, 1.82) is 0 Å². The molecule has 11 heteroatoms. The highest BCUT2D eigenvalue weighted by atomic mass is 16.8. The van der Waals surface area contributed by atoms with Gasteiger partial charge in [0, 0.05) is 0 Å². The molecule has 0 spiro atoms. The Morgan fingerprint density at radius 2 is 0.569 bits per heavy atom. The zero-order chi connectivity index (χ0) is 49.0. The summed E-state index contributed by atoms with van der Waals surface area (Å²) in [6, 6.07) is 69.6. The zero-order valence-electron chi connectivity index (χ0n) is 40.4. The molecule has 7 aromatic carbocycles. The van der Waals surface area contributed by atoms with E-state index in [0.717, 1.165) is 38.9 Å². The number of benzene rings is 7. The highest BCUT2D eigenvalue weighted by Gasteiger charge is 2.54. The second-order valence-corrected chi connectivity index (χ2v) is 18.0. The standard InChI is InChI=1S/C61H64O11/c62-60-58(68-41-50-32-18-6-19-33-50)57(67-40-49-30-16-5-17-31-49)55(53(70-60)44-64-37-46-24-10-2-11-25-46)72-61-59(69-42-51-34-20-7-21-35-51)56(66-39-48-28-14-4-15-29-48)54(65-38-47-26-12-3-13-27-47)52(71-61)43-63-36-45-22-8-1-9-23-45/h1-35,52-62H,36-44H2/t52-,53-,54-,55-,56+,57+,58-,59-,60+,61?/m1/s1. The molecule has 0 bridgehead atoms. The van der Waals surface area contributed by atoms with Crippen molar-refractivity contribution >= 4 is 0 Å². The van der Waals surface area contributed by atoms with Crippen LogP contribution in [-0.2, 0) is 93.6 Å². The number of hydrogen-bond donors (Lipinski definition) is 1. The van der Waals surface area contributed by atoms with E-state index in [-0.39, 0.29) is 46.2 Å². The van der Waals surface area contributed by atoms with E-state index in [1.165, 1.54) is 0 Å². The first-order valence-corrected chi connectivity index (χ1v) is 24.8. The van der Waals surface area contributed by atoms with Crippen LogP contribution < -0.4 is 0 Å². The molecule has 1 unspecified atom stereocenters. The number of aliphatic hydroxyl groups excluding tert-OH is 1. The van der Waals surface area contributed by atoms with Crippen molar-refractivity contribution in [2.75, 3.05) is 13.2 Å². The highest BCUT2D eigenvalue weighted by molar-refractivity contribution is 5.19. The minimum absolute atomic E-state index is 0.0375. The van der Waals surface area contributed by atoms with E-state index < -0.39 is 61.4 Å². The fourth-order valence-electron chi connectivity index (χ4n) is 8.97. The second kappa shape index (κ2) is 27.2. The number of aliphatic hydroxyl groups is 1. The molecule has 0 radical (unpaired) electrons. The summed E-state index contributed by atoms with van der Waals surface area (Å²) in [6.07, 6.45) is -9.37. The Morgan fingerprint density at radius 1 is 0.292 bits per heavy atom. The van der Waals surface area contributed by atoms with Crippen LogP contribution in [0.15, 0.2) is 212 Å². The van der Waals surface area contributed by atoms with Gasteiger partial charge in [0.05, 0.1) is 59.5 Å². The molecular formula is C61H64O11. The average Bonchev–Trinajstić information content (AvgIpc) is 3.43. The van der Waals surface area contributed by atoms with Gasteiger partial charge in [-0.05, 0) is 38.9 Å². The van der Waals surface area contributed by atoms with Crippen LogP contribution >= 0.6 is 0 Å². The third kappa shape index (κ3) is 14.8. The van der Waals surface area contributed by atoms with Crippen LogP contribution in [0.2, 0.25) is 0 Å². The van der Waals surface area contributed by atoms with Crippen LogP contribution in [0.1, 0.15) is 38.9 Å². The number of rotatable bonds is 25. The Bertz CT molecular complexity index is 2550. The Kier molecular flexibility index (Phi) is 19.3. The maximum atomic E-state index is 12.0. The number of hydrogen-bond acceptors (Lipinski definition) is 11. The molecule has 72 heavy (non-hydrogen) atoms. The van der Waals surface area contributed by atoms with E-state index in [0.29, 0.717) is 13.2 Å². The molecule has 374 valence electrons. The third-order valence-corrected chi connectivity index (χ3v) is 12.7. The van der Waals surface area contributed by atoms with Crippen LogP contribution in [-0.4, -0.2) is 79.7 Å². The van der Waals surface area contributed by atoms with Crippen LogP contribution in [0.25, 0.3) is 0 Å². The summed E-state index contributed by atoms with van der Waals surface area (Å²) in [7, 11) is 0. The van der Waals surface area contributed by atoms with Crippen LogP contribution in [0.3, 0.4) is 0 Å². The van der Waals surface area contributed by atoms with E-state index >= 15 is 0 Å². The van der Waals surface area contributed by atoms with Crippen molar-refractivity contribution in [3.63, 3.8) is 0 Å². The molecule has 2 saturated heterocycles. The molecule has 0 amide bonds. The van der Waals surface area contributed by atoms with Crippen molar-refractivity contribution in [2.24, 2.45) is 0 Å². The first-order valence-electron chi connectivity index (χ1n) is 24.8. The van der Waals surface area contributed by atoms with Gasteiger partial charge in [-0.3, -0.25) is 0 Å². The van der Waals surface area contributed by atoms with Gasteiger partial charge >= 0.3 is 0 Å². The Hall–Kier alpha value is -5.90. The number of ether oxygens (including phenoxy) is 10. The molecule has 2 fully saturated rings. The van der Waals surface area contributed by atoms with Gasteiger partial charge in [-0.25, -0.2) is 0 Å². The van der Waals surface area contributed by atoms with Crippen molar-refractivity contribution < 1.29 is 52.5 Å². The minimum atomic E-state index is -1.41. The second-order valence-electron chi connectivity index (χ2n) is 18.0. The third-order valence-electron chi connectivity index (χ3n) is 12.7. The van der Waals surface area contributed by atoms with Gasteiger partial charge in [-0.1, -0.05) is 212 Å². The zero-order valence-corrected chi connectivity index (χ0v) is 40.4. The normalized spacial score (nSPS) is 24.2. The quantitative estimate of drug-likeness (QED) is 0.0591. The van der Waals surface area contributed by atoms with Crippen LogP contribution in [0, 0.1) is 0 Å². The molecule has 0 aliphatic carbocycles. The molecule has 7 aromatic rings. The van der Waals surface area contributed by atoms with Crippen molar-refractivity contribution in [3.8, 4) is 0 Å². The summed E-state index contributed by atoms with van der Waals surface area (Å²) in [4.78, 5) is 0. The first kappa shape index (κ1) is 51.0. The lowest BCUT2D eigenvalue weighted by Crippen LogP contribution is -2.66. The predicted octanol–water partition coefficient (Wildman–Crippen LogP) is 10.2. The Balaban J connectivity index is 1.10. The average molecular weight is 973 g/mol. The molecule has 11 nitrogen and oxygen atoms in total. The van der Waals surface area contributed by atoms with Crippen molar-refractivity contribution in [3.05, 3.63) is 251 Å². The lowest BCUT2D eigenvalue weighted by molar-refractivity contribution is -0.374. The summed E-state index contributed by atoms with van der Waals surface area (Å²) in [6.45, 7) is 1.91. The minimum Gasteiger partial charge on any atom is -0.374 e. The smallest absolute Gasteiger partial charge is 0.187 e. The summed E-state index contributed by atoms with van der Waals surface area (Å²) in [5.41, 5.74) is 6.75. The van der Waals surface area contributed by atoms with E-state index in [9.17, 15) is 5.11 Å². The first-order chi connectivity index (χ1) is 35.6. The molecule has 2 heterocycles. The van der Waals surface area contributed by atoms with Gasteiger partial charge in [0.1, 0.15) is 48.8 Å². The monoisotopic (exact) mass is 972 g/mol. The molecule has 0 aromatic heterocycles. The molecule has 1 N–H and O–H groups in total.